The second-order valence-electron chi connectivity index (χ2n) is 3.73. The Labute approximate surface area is 104 Å². The number of benzene rings is 1. The van der Waals surface area contributed by atoms with Crippen molar-refractivity contribution in [3.8, 4) is 0 Å². The van der Waals surface area contributed by atoms with Crippen LogP contribution in [0.25, 0.3) is 0 Å². The molecule has 1 atom stereocenters. The molecule has 5 nitrogen and oxygen atoms in total. The molecule has 0 aliphatic rings. The number of amides is 1. The van der Waals surface area contributed by atoms with Crippen LogP contribution >= 0.6 is 0 Å². The summed E-state index contributed by atoms with van der Waals surface area (Å²) in [5, 5.41) is 10.9. The molecule has 0 aromatic heterocycles. The Morgan fingerprint density at radius 3 is 2.78 bits per heavy atom. The Balaban J connectivity index is 2.42. The lowest BCUT2D eigenvalue weighted by molar-refractivity contribution is -0.143. The summed E-state index contributed by atoms with van der Waals surface area (Å²) >= 11 is 0. The molecule has 1 aromatic carbocycles. The molecule has 1 amide bonds. The number of ether oxygens (including phenoxy) is 1. The Kier molecular flexibility index (Phi) is 5.26. The fourth-order valence-electron chi connectivity index (χ4n) is 1.37. The summed E-state index contributed by atoms with van der Waals surface area (Å²) < 4.78 is 17.6. The number of halogens is 1. The van der Waals surface area contributed by atoms with Gasteiger partial charge in [-0.2, -0.15) is 0 Å². The number of hydrogen-bond donors (Lipinski definition) is 2. The summed E-state index contributed by atoms with van der Waals surface area (Å²) in [5.74, 6) is -1.97. The molecule has 0 spiro atoms. The third-order valence-electron chi connectivity index (χ3n) is 2.18. The topological polar surface area (TPSA) is 75.6 Å². The van der Waals surface area contributed by atoms with Gasteiger partial charge in [0, 0.05) is 0 Å². The van der Waals surface area contributed by atoms with Crippen molar-refractivity contribution in [3.63, 3.8) is 0 Å². The van der Waals surface area contributed by atoms with E-state index in [1.807, 2.05) is 0 Å². The van der Waals surface area contributed by atoms with Gasteiger partial charge in [0.15, 0.2) is 0 Å². The number of aliphatic carboxylic acids is 1. The van der Waals surface area contributed by atoms with E-state index in [0.29, 0.717) is 5.56 Å². The van der Waals surface area contributed by atoms with Gasteiger partial charge in [0.05, 0.1) is 6.04 Å². The molecule has 0 aliphatic carbocycles. The fraction of sp³-hybridized carbons (Fsp3) is 0.333. The minimum Gasteiger partial charge on any atom is -0.480 e. The minimum atomic E-state index is -1.14. The zero-order chi connectivity index (χ0) is 13.5. The van der Waals surface area contributed by atoms with Crippen molar-refractivity contribution in [1.82, 2.24) is 5.32 Å². The highest BCUT2D eigenvalue weighted by molar-refractivity contribution is 5.78. The maximum Gasteiger partial charge on any atom is 0.329 e. The molecule has 0 heterocycles. The first kappa shape index (κ1) is 14.1. The summed E-state index contributed by atoms with van der Waals surface area (Å²) in [6.45, 7) is 0.831. The standard InChI is InChI=1S/C12H14FNO4/c1-8(9-3-2-4-10(13)5-9)14-11(15)6-18-7-12(16)17/h2-5,8H,6-7H2,1H3,(H,14,15)(H,16,17). The van der Waals surface area contributed by atoms with Crippen LogP contribution in [-0.4, -0.2) is 30.2 Å². The van der Waals surface area contributed by atoms with Crippen LogP contribution in [0.2, 0.25) is 0 Å². The van der Waals surface area contributed by atoms with Gasteiger partial charge < -0.3 is 15.2 Å². The highest BCUT2D eigenvalue weighted by Crippen LogP contribution is 2.13. The van der Waals surface area contributed by atoms with E-state index < -0.39 is 18.5 Å². The molecule has 0 radical (unpaired) electrons. The SMILES string of the molecule is CC(NC(=O)COCC(=O)O)c1cccc(F)c1. The highest BCUT2D eigenvalue weighted by atomic mass is 19.1. The quantitative estimate of drug-likeness (QED) is 0.798. The molecule has 6 heteroatoms. The van der Waals surface area contributed by atoms with E-state index >= 15 is 0 Å². The van der Waals surface area contributed by atoms with Crippen molar-refractivity contribution in [2.24, 2.45) is 0 Å². The van der Waals surface area contributed by atoms with Gasteiger partial charge in [0.2, 0.25) is 5.91 Å². The van der Waals surface area contributed by atoms with E-state index in [9.17, 15) is 14.0 Å². The second kappa shape index (κ2) is 6.70. The van der Waals surface area contributed by atoms with Gasteiger partial charge in [-0.05, 0) is 24.6 Å². The molecule has 18 heavy (non-hydrogen) atoms. The number of carboxylic acid groups (broad SMARTS) is 1. The van der Waals surface area contributed by atoms with Crippen LogP contribution in [0.3, 0.4) is 0 Å². The number of carbonyl (C=O) groups is 2. The van der Waals surface area contributed by atoms with Gasteiger partial charge in [0.1, 0.15) is 19.0 Å². The monoisotopic (exact) mass is 255 g/mol. The van der Waals surface area contributed by atoms with E-state index in [4.69, 9.17) is 5.11 Å². The number of hydrogen-bond acceptors (Lipinski definition) is 3. The normalized spacial score (nSPS) is 11.9. The van der Waals surface area contributed by atoms with Crippen molar-refractivity contribution in [2.45, 2.75) is 13.0 Å². The molecule has 1 aromatic rings. The van der Waals surface area contributed by atoms with Crippen molar-refractivity contribution in [2.75, 3.05) is 13.2 Å². The summed E-state index contributed by atoms with van der Waals surface area (Å²) in [4.78, 5) is 21.5. The number of nitrogens with one attached hydrogen (secondary N) is 1. The van der Waals surface area contributed by atoms with Crippen molar-refractivity contribution in [1.29, 1.82) is 0 Å². The molecule has 1 unspecified atom stereocenters. The van der Waals surface area contributed by atoms with Crippen LogP contribution in [0, 0.1) is 5.82 Å². The van der Waals surface area contributed by atoms with Crippen LogP contribution in [-0.2, 0) is 14.3 Å². The lowest BCUT2D eigenvalue weighted by Gasteiger charge is -2.14. The van der Waals surface area contributed by atoms with E-state index in [-0.39, 0.29) is 18.5 Å². The van der Waals surface area contributed by atoms with Crippen LogP contribution < -0.4 is 5.32 Å². The van der Waals surface area contributed by atoms with Crippen LogP contribution in [0.15, 0.2) is 24.3 Å². The van der Waals surface area contributed by atoms with Gasteiger partial charge in [0.25, 0.3) is 0 Å². The van der Waals surface area contributed by atoms with Crippen LogP contribution in [0.5, 0.6) is 0 Å². The molecular weight excluding hydrogens is 241 g/mol. The van der Waals surface area contributed by atoms with Gasteiger partial charge in [-0.25, -0.2) is 9.18 Å². The van der Waals surface area contributed by atoms with Crippen molar-refractivity contribution in [3.05, 3.63) is 35.6 Å². The Morgan fingerprint density at radius 1 is 1.44 bits per heavy atom. The molecular formula is C12H14FNO4. The predicted octanol–water partition coefficient (Wildman–Crippen LogP) is 1.10. The first-order chi connectivity index (χ1) is 8.49. The first-order valence-corrected chi connectivity index (χ1v) is 5.33. The third-order valence-corrected chi connectivity index (χ3v) is 2.18. The van der Waals surface area contributed by atoms with Crippen LogP contribution in [0.4, 0.5) is 4.39 Å². The molecule has 0 fully saturated rings. The zero-order valence-corrected chi connectivity index (χ0v) is 9.85. The summed E-state index contributed by atoms with van der Waals surface area (Å²) in [6.07, 6.45) is 0. The summed E-state index contributed by atoms with van der Waals surface area (Å²) in [7, 11) is 0. The molecule has 0 aliphatic heterocycles. The highest BCUT2D eigenvalue weighted by Gasteiger charge is 2.10. The Bertz CT molecular complexity index is 436. The second-order valence-corrected chi connectivity index (χ2v) is 3.73. The average molecular weight is 255 g/mol. The number of carboxylic acids is 1. The molecule has 1 rings (SSSR count). The maximum absolute atomic E-state index is 13.0. The lowest BCUT2D eigenvalue weighted by atomic mass is 10.1. The van der Waals surface area contributed by atoms with Gasteiger partial charge in [-0.1, -0.05) is 12.1 Å². The summed E-state index contributed by atoms with van der Waals surface area (Å²) in [6, 6.07) is 5.50. The molecule has 2 N–H and O–H groups in total. The lowest BCUT2D eigenvalue weighted by Crippen LogP contribution is -2.31. The predicted molar refractivity (Wildman–Crippen MR) is 61.4 cm³/mol. The van der Waals surface area contributed by atoms with Gasteiger partial charge >= 0.3 is 5.97 Å². The minimum absolute atomic E-state index is 0.341. The van der Waals surface area contributed by atoms with E-state index in [1.54, 1.807) is 19.1 Å². The van der Waals surface area contributed by atoms with E-state index in [0.717, 1.165) is 0 Å². The molecule has 0 bridgehead atoms. The molecule has 0 saturated carbocycles. The third kappa shape index (κ3) is 4.92. The average Bonchev–Trinajstić information content (AvgIpc) is 2.28. The Hall–Kier alpha value is -1.95. The smallest absolute Gasteiger partial charge is 0.329 e. The first-order valence-electron chi connectivity index (χ1n) is 5.33. The maximum atomic E-state index is 13.0. The summed E-state index contributed by atoms with van der Waals surface area (Å²) in [5.41, 5.74) is 0.626. The van der Waals surface area contributed by atoms with Crippen molar-refractivity contribution >= 4 is 11.9 Å². The van der Waals surface area contributed by atoms with Crippen molar-refractivity contribution < 1.29 is 23.8 Å². The largest absolute Gasteiger partial charge is 0.480 e. The fourth-order valence-corrected chi connectivity index (χ4v) is 1.37. The molecule has 0 saturated heterocycles. The number of rotatable bonds is 6. The number of carbonyl (C=O) groups excluding carboxylic acids is 1. The van der Waals surface area contributed by atoms with Gasteiger partial charge in [-0.3, -0.25) is 4.79 Å². The molecule has 98 valence electrons. The van der Waals surface area contributed by atoms with E-state index in [1.165, 1.54) is 12.1 Å². The van der Waals surface area contributed by atoms with Crippen LogP contribution in [0.1, 0.15) is 18.5 Å². The van der Waals surface area contributed by atoms with E-state index in [2.05, 4.69) is 10.1 Å². The van der Waals surface area contributed by atoms with Gasteiger partial charge in [-0.15, -0.1) is 0 Å². The zero-order valence-electron chi connectivity index (χ0n) is 9.85. The Morgan fingerprint density at radius 2 is 2.17 bits per heavy atom.